The molecule has 2 aromatic heterocycles. The number of hydrogen-bond acceptors (Lipinski definition) is 5. The van der Waals surface area contributed by atoms with Crippen molar-refractivity contribution in [3.63, 3.8) is 0 Å². The van der Waals surface area contributed by atoms with E-state index < -0.39 is 0 Å². The third-order valence-electron chi connectivity index (χ3n) is 3.37. The monoisotopic (exact) mass is 304 g/mol. The van der Waals surface area contributed by atoms with Crippen molar-refractivity contribution < 1.29 is 0 Å². The van der Waals surface area contributed by atoms with Gasteiger partial charge in [-0.25, -0.2) is 9.97 Å². The number of hydrogen-bond donors (Lipinski definition) is 1. The van der Waals surface area contributed by atoms with Crippen molar-refractivity contribution in [2.24, 2.45) is 0 Å². The number of nitrogens with zero attached hydrogens (tertiary/aromatic N) is 3. The number of anilines is 1. The van der Waals surface area contributed by atoms with Crippen LogP contribution < -0.4 is 10.2 Å². The van der Waals surface area contributed by atoms with Crippen molar-refractivity contribution in [3.05, 3.63) is 40.3 Å². The van der Waals surface area contributed by atoms with E-state index in [9.17, 15) is 0 Å². The standard InChI is InChI=1S/C16H24N4S/c1-12(14-7-6-8-21-14)20(5)15-17-9-13(10-18-15)11-19-16(2,3)4/h6-10,12,19H,11H2,1-5H3. The normalized spacial score (nSPS) is 13.2. The van der Waals surface area contributed by atoms with Crippen molar-refractivity contribution in [1.29, 1.82) is 0 Å². The zero-order valence-electron chi connectivity index (χ0n) is 13.4. The molecular formula is C16H24N4S. The van der Waals surface area contributed by atoms with E-state index in [0.29, 0.717) is 0 Å². The van der Waals surface area contributed by atoms with E-state index in [1.807, 2.05) is 19.4 Å². The molecular weight excluding hydrogens is 280 g/mol. The molecule has 1 atom stereocenters. The Kier molecular flexibility index (Phi) is 4.96. The summed E-state index contributed by atoms with van der Waals surface area (Å²) in [7, 11) is 2.03. The van der Waals surface area contributed by atoms with Crippen LogP contribution in [0.25, 0.3) is 0 Å². The molecule has 4 nitrogen and oxygen atoms in total. The molecule has 5 heteroatoms. The van der Waals surface area contributed by atoms with Crippen molar-refractivity contribution in [2.75, 3.05) is 11.9 Å². The lowest BCUT2D eigenvalue weighted by molar-refractivity contribution is 0.423. The maximum atomic E-state index is 4.49. The molecule has 0 amide bonds. The fourth-order valence-electron chi connectivity index (χ4n) is 1.88. The highest BCUT2D eigenvalue weighted by molar-refractivity contribution is 7.10. The van der Waals surface area contributed by atoms with Gasteiger partial charge in [0.2, 0.25) is 5.95 Å². The molecule has 0 aliphatic heterocycles. The van der Waals surface area contributed by atoms with Crippen LogP contribution in [0.4, 0.5) is 5.95 Å². The maximum absolute atomic E-state index is 4.49. The molecule has 0 bridgehead atoms. The maximum Gasteiger partial charge on any atom is 0.225 e. The first-order chi connectivity index (χ1) is 9.87. The summed E-state index contributed by atoms with van der Waals surface area (Å²) in [6.07, 6.45) is 3.80. The molecule has 2 rings (SSSR count). The Morgan fingerprint density at radius 2 is 1.95 bits per heavy atom. The zero-order valence-corrected chi connectivity index (χ0v) is 14.2. The van der Waals surface area contributed by atoms with Gasteiger partial charge in [0.05, 0.1) is 6.04 Å². The molecule has 0 aliphatic rings. The Hall–Kier alpha value is -1.46. The van der Waals surface area contributed by atoms with Crippen LogP contribution in [0, 0.1) is 0 Å². The number of aromatic nitrogens is 2. The van der Waals surface area contributed by atoms with E-state index in [1.165, 1.54) is 4.88 Å². The predicted octanol–water partition coefficient (Wildman–Crippen LogP) is 3.62. The molecule has 1 N–H and O–H groups in total. The zero-order chi connectivity index (χ0) is 15.5. The SMILES string of the molecule is CC(c1cccs1)N(C)c1ncc(CNC(C)(C)C)cn1. The van der Waals surface area contributed by atoms with Gasteiger partial charge in [0.1, 0.15) is 0 Å². The largest absolute Gasteiger partial charge is 0.336 e. The predicted molar refractivity (Wildman–Crippen MR) is 89.8 cm³/mol. The number of nitrogens with one attached hydrogen (secondary N) is 1. The van der Waals surface area contributed by atoms with Crippen LogP contribution in [-0.4, -0.2) is 22.6 Å². The Bertz CT molecular complexity index is 543. The Morgan fingerprint density at radius 1 is 1.29 bits per heavy atom. The molecule has 21 heavy (non-hydrogen) atoms. The average Bonchev–Trinajstić information content (AvgIpc) is 2.97. The minimum atomic E-state index is 0.100. The quantitative estimate of drug-likeness (QED) is 0.916. The number of thiophene rings is 1. The van der Waals surface area contributed by atoms with Crippen LogP contribution in [0.1, 0.15) is 44.2 Å². The second-order valence-electron chi connectivity index (χ2n) is 6.30. The van der Waals surface area contributed by atoms with Gasteiger partial charge in [-0.05, 0) is 39.1 Å². The molecule has 0 fully saturated rings. The number of rotatable bonds is 5. The molecule has 114 valence electrons. The smallest absolute Gasteiger partial charge is 0.225 e. The van der Waals surface area contributed by atoms with Crippen LogP contribution in [-0.2, 0) is 6.54 Å². The summed E-state index contributed by atoms with van der Waals surface area (Å²) in [5.41, 5.74) is 1.20. The molecule has 0 spiro atoms. The first kappa shape index (κ1) is 15.9. The Morgan fingerprint density at radius 3 is 2.48 bits per heavy atom. The highest BCUT2D eigenvalue weighted by Gasteiger charge is 2.15. The van der Waals surface area contributed by atoms with E-state index in [4.69, 9.17) is 0 Å². The lowest BCUT2D eigenvalue weighted by Crippen LogP contribution is -2.35. The molecule has 0 aliphatic carbocycles. The summed E-state index contributed by atoms with van der Waals surface area (Å²) in [6, 6.07) is 4.50. The molecule has 0 saturated carbocycles. The van der Waals surface area contributed by atoms with Gasteiger partial charge in [-0.15, -0.1) is 11.3 Å². The lowest BCUT2D eigenvalue weighted by Gasteiger charge is -2.24. The summed E-state index contributed by atoms with van der Waals surface area (Å²) in [5.74, 6) is 0.760. The molecule has 0 saturated heterocycles. The van der Waals surface area contributed by atoms with Crippen LogP contribution in [0.15, 0.2) is 29.9 Å². The second-order valence-corrected chi connectivity index (χ2v) is 7.28. The van der Waals surface area contributed by atoms with Gasteiger partial charge in [-0.2, -0.15) is 0 Å². The van der Waals surface area contributed by atoms with Gasteiger partial charge in [-0.1, -0.05) is 6.07 Å². The second kappa shape index (κ2) is 6.54. The minimum Gasteiger partial charge on any atom is -0.336 e. The summed E-state index contributed by atoms with van der Waals surface area (Å²) in [5, 5.41) is 5.54. The Balaban J connectivity index is 2.01. The van der Waals surface area contributed by atoms with Gasteiger partial charge in [0, 0.05) is 42.0 Å². The van der Waals surface area contributed by atoms with Crippen molar-refractivity contribution in [1.82, 2.24) is 15.3 Å². The van der Waals surface area contributed by atoms with Gasteiger partial charge in [0.25, 0.3) is 0 Å². The third-order valence-corrected chi connectivity index (χ3v) is 4.41. The van der Waals surface area contributed by atoms with E-state index in [2.05, 4.69) is 65.4 Å². The summed E-state index contributed by atoms with van der Waals surface area (Å²) in [6.45, 7) is 9.41. The molecule has 2 aromatic rings. The van der Waals surface area contributed by atoms with Crippen molar-refractivity contribution in [3.8, 4) is 0 Å². The first-order valence-corrected chi connectivity index (χ1v) is 8.07. The average molecular weight is 304 g/mol. The van der Waals surface area contributed by atoms with E-state index in [1.54, 1.807) is 11.3 Å². The highest BCUT2D eigenvalue weighted by Crippen LogP contribution is 2.25. The van der Waals surface area contributed by atoms with E-state index in [0.717, 1.165) is 18.1 Å². The van der Waals surface area contributed by atoms with Crippen LogP contribution in [0.2, 0.25) is 0 Å². The lowest BCUT2D eigenvalue weighted by atomic mass is 10.1. The van der Waals surface area contributed by atoms with Crippen LogP contribution >= 0.6 is 11.3 Å². The molecule has 0 radical (unpaired) electrons. The van der Waals surface area contributed by atoms with Gasteiger partial charge >= 0.3 is 0 Å². The van der Waals surface area contributed by atoms with Crippen molar-refractivity contribution >= 4 is 17.3 Å². The van der Waals surface area contributed by atoms with Gasteiger partial charge in [0.15, 0.2) is 0 Å². The Labute approximate surface area is 131 Å². The molecule has 2 heterocycles. The topological polar surface area (TPSA) is 41.1 Å². The molecule has 1 unspecified atom stereocenters. The van der Waals surface area contributed by atoms with Crippen LogP contribution in [0.3, 0.4) is 0 Å². The van der Waals surface area contributed by atoms with Crippen LogP contribution in [0.5, 0.6) is 0 Å². The van der Waals surface area contributed by atoms with Gasteiger partial charge < -0.3 is 10.2 Å². The van der Waals surface area contributed by atoms with Gasteiger partial charge in [-0.3, -0.25) is 0 Å². The minimum absolute atomic E-state index is 0.100. The first-order valence-electron chi connectivity index (χ1n) is 7.19. The van der Waals surface area contributed by atoms with E-state index in [-0.39, 0.29) is 11.6 Å². The fraction of sp³-hybridized carbons (Fsp3) is 0.500. The fourth-order valence-corrected chi connectivity index (χ4v) is 2.71. The van der Waals surface area contributed by atoms with E-state index >= 15 is 0 Å². The summed E-state index contributed by atoms with van der Waals surface area (Å²) >= 11 is 1.76. The third kappa shape index (κ3) is 4.51. The molecule has 0 aromatic carbocycles. The summed E-state index contributed by atoms with van der Waals surface area (Å²) in [4.78, 5) is 12.4. The van der Waals surface area contributed by atoms with Crippen molar-refractivity contribution in [2.45, 2.75) is 45.8 Å². The summed E-state index contributed by atoms with van der Waals surface area (Å²) < 4.78 is 0. The highest BCUT2D eigenvalue weighted by atomic mass is 32.1.